The minimum absolute atomic E-state index is 0.160. The predicted molar refractivity (Wildman–Crippen MR) is 120 cm³/mol. The molecule has 0 spiro atoms. The number of esters is 1. The van der Waals surface area contributed by atoms with Crippen molar-refractivity contribution >= 4 is 18.0 Å². The molecule has 170 valence electrons. The number of hydrogen-bond donors (Lipinski definition) is 1. The number of amides is 2. The lowest BCUT2D eigenvalue weighted by Gasteiger charge is -2.38. The summed E-state index contributed by atoms with van der Waals surface area (Å²) in [5, 5.41) is 9.79. The molecule has 1 aliphatic rings. The fraction of sp³-hybridized carbons (Fsp3) is 0.400. The van der Waals surface area contributed by atoms with Crippen molar-refractivity contribution in [1.82, 2.24) is 9.80 Å². The number of carbonyl (C=O) groups excluding carboxylic acids is 2. The van der Waals surface area contributed by atoms with Crippen LogP contribution in [0.15, 0.2) is 54.6 Å². The van der Waals surface area contributed by atoms with E-state index < -0.39 is 17.9 Å². The van der Waals surface area contributed by atoms with Gasteiger partial charge in [0.2, 0.25) is 0 Å². The van der Waals surface area contributed by atoms with Gasteiger partial charge in [0, 0.05) is 26.1 Å². The maximum Gasteiger partial charge on any atom is 0.326 e. The van der Waals surface area contributed by atoms with E-state index >= 15 is 0 Å². The van der Waals surface area contributed by atoms with Crippen LogP contribution in [0.2, 0.25) is 0 Å². The van der Waals surface area contributed by atoms with Gasteiger partial charge in [-0.25, -0.2) is 9.59 Å². The summed E-state index contributed by atoms with van der Waals surface area (Å²) in [6, 6.07) is 15.9. The van der Waals surface area contributed by atoms with Gasteiger partial charge in [-0.15, -0.1) is 0 Å². The zero-order chi connectivity index (χ0) is 23.1. The number of hydrogen-bond acceptors (Lipinski definition) is 4. The van der Waals surface area contributed by atoms with Crippen LogP contribution in [0.5, 0.6) is 0 Å². The Bertz CT molecular complexity index is 946. The van der Waals surface area contributed by atoms with E-state index in [1.54, 1.807) is 11.8 Å². The highest BCUT2D eigenvalue weighted by atomic mass is 16.5. The SMILES string of the molecule is CCOC(=O)[C@H](Cc1ccccc1)CN(CC)C(=O)N1Cc2ccccc2C[C@H]1C(=O)O. The molecule has 0 saturated heterocycles. The summed E-state index contributed by atoms with van der Waals surface area (Å²) in [4.78, 5) is 41.0. The van der Waals surface area contributed by atoms with Gasteiger partial charge in [0.1, 0.15) is 6.04 Å². The van der Waals surface area contributed by atoms with Crippen molar-refractivity contribution in [1.29, 1.82) is 0 Å². The van der Waals surface area contributed by atoms with E-state index in [0.29, 0.717) is 13.0 Å². The Kier molecular flexibility index (Phi) is 7.87. The minimum atomic E-state index is -1.03. The van der Waals surface area contributed by atoms with Crippen LogP contribution >= 0.6 is 0 Å². The molecular weight excluding hydrogens is 408 g/mol. The third kappa shape index (κ3) is 5.46. The second-order valence-electron chi connectivity index (χ2n) is 7.91. The molecule has 0 aromatic heterocycles. The predicted octanol–water partition coefficient (Wildman–Crippen LogP) is 3.36. The maximum absolute atomic E-state index is 13.5. The second kappa shape index (κ2) is 10.8. The highest BCUT2D eigenvalue weighted by Gasteiger charge is 2.37. The fourth-order valence-corrected chi connectivity index (χ4v) is 4.12. The lowest BCUT2D eigenvalue weighted by Crippen LogP contribution is -2.54. The van der Waals surface area contributed by atoms with Crippen molar-refractivity contribution in [2.24, 2.45) is 5.92 Å². The number of urea groups is 1. The summed E-state index contributed by atoms with van der Waals surface area (Å²) in [6.07, 6.45) is 0.703. The number of rotatable bonds is 8. The first-order valence-electron chi connectivity index (χ1n) is 11.0. The van der Waals surface area contributed by atoms with Crippen LogP contribution in [0.3, 0.4) is 0 Å². The molecule has 2 aromatic carbocycles. The van der Waals surface area contributed by atoms with Crippen LogP contribution in [-0.4, -0.2) is 58.6 Å². The number of aliphatic carboxylic acids is 1. The summed E-state index contributed by atoms with van der Waals surface area (Å²) in [7, 11) is 0. The Morgan fingerprint density at radius 2 is 1.72 bits per heavy atom. The van der Waals surface area contributed by atoms with Crippen LogP contribution in [-0.2, 0) is 33.7 Å². The van der Waals surface area contributed by atoms with Crippen molar-refractivity contribution in [2.45, 2.75) is 39.3 Å². The molecule has 0 bridgehead atoms. The molecule has 0 fully saturated rings. The van der Waals surface area contributed by atoms with Gasteiger partial charge in [-0.05, 0) is 37.0 Å². The molecular formula is C25H30N2O5. The minimum Gasteiger partial charge on any atom is -0.480 e. The number of ether oxygens (including phenoxy) is 1. The van der Waals surface area contributed by atoms with Crippen molar-refractivity contribution in [2.75, 3.05) is 19.7 Å². The molecule has 0 unspecified atom stereocenters. The molecule has 1 N–H and O–H groups in total. The molecule has 0 saturated carbocycles. The molecule has 3 rings (SSSR count). The van der Waals surface area contributed by atoms with Gasteiger partial charge in [0.15, 0.2) is 0 Å². The molecule has 1 aliphatic heterocycles. The van der Waals surface area contributed by atoms with Gasteiger partial charge < -0.3 is 19.6 Å². The van der Waals surface area contributed by atoms with Crippen LogP contribution < -0.4 is 0 Å². The quantitative estimate of drug-likeness (QED) is 0.639. The lowest BCUT2D eigenvalue weighted by atomic mass is 9.94. The molecule has 32 heavy (non-hydrogen) atoms. The third-order valence-electron chi connectivity index (χ3n) is 5.82. The number of carboxylic acids is 1. The van der Waals surface area contributed by atoms with Crippen molar-refractivity contribution in [3.63, 3.8) is 0 Å². The summed E-state index contributed by atoms with van der Waals surface area (Å²) in [5.41, 5.74) is 2.87. The molecule has 7 heteroatoms. The van der Waals surface area contributed by atoms with E-state index in [9.17, 15) is 19.5 Å². The number of fused-ring (bicyclic) bond motifs is 1. The van der Waals surface area contributed by atoms with Crippen molar-refractivity contribution in [3.8, 4) is 0 Å². The average Bonchev–Trinajstić information content (AvgIpc) is 2.81. The molecule has 1 heterocycles. The van der Waals surface area contributed by atoms with Gasteiger partial charge in [0.25, 0.3) is 0 Å². The van der Waals surface area contributed by atoms with Crippen molar-refractivity contribution < 1.29 is 24.2 Å². The molecule has 7 nitrogen and oxygen atoms in total. The van der Waals surface area contributed by atoms with Crippen LogP contribution in [0.4, 0.5) is 4.79 Å². The summed E-state index contributed by atoms with van der Waals surface area (Å²) >= 11 is 0. The Hall–Kier alpha value is -3.35. The summed E-state index contributed by atoms with van der Waals surface area (Å²) < 4.78 is 5.27. The molecule has 0 radical (unpaired) electrons. The standard InChI is InChI=1S/C25H30N2O5/c1-3-26(16-21(24(30)32-4-2)14-18-10-6-5-7-11-18)25(31)27-17-20-13-9-8-12-19(20)15-22(27)23(28)29/h5-13,21-22H,3-4,14-17H2,1-2H3,(H,28,29)/t21-,22+/m1/s1. The van der Waals surface area contributed by atoms with Gasteiger partial charge in [-0.2, -0.15) is 0 Å². The smallest absolute Gasteiger partial charge is 0.326 e. The second-order valence-corrected chi connectivity index (χ2v) is 7.91. The lowest BCUT2D eigenvalue weighted by molar-refractivity contribution is -0.149. The van der Waals surface area contributed by atoms with Gasteiger partial charge in [0.05, 0.1) is 12.5 Å². The zero-order valence-electron chi connectivity index (χ0n) is 18.6. The van der Waals surface area contributed by atoms with Gasteiger partial charge in [-0.3, -0.25) is 4.79 Å². The zero-order valence-corrected chi connectivity index (χ0v) is 18.6. The van der Waals surface area contributed by atoms with E-state index in [4.69, 9.17) is 4.74 Å². The Morgan fingerprint density at radius 1 is 1.06 bits per heavy atom. The number of carboxylic acid groups (broad SMARTS) is 1. The molecule has 2 aromatic rings. The highest BCUT2D eigenvalue weighted by molar-refractivity contribution is 5.84. The highest BCUT2D eigenvalue weighted by Crippen LogP contribution is 2.25. The molecule has 0 aliphatic carbocycles. The summed E-state index contributed by atoms with van der Waals surface area (Å²) in [5.74, 6) is -1.93. The number of benzene rings is 2. The average molecular weight is 439 g/mol. The Labute approximate surface area is 188 Å². The molecule has 2 atom stereocenters. The Morgan fingerprint density at radius 3 is 2.34 bits per heavy atom. The first-order chi connectivity index (χ1) is 15.4. The fourth-order valence-electron chi connectivity index (χ4n) is 4.12. The summed E-state index contributed by atoms with van der Waals surface area (Å²) in [6.45, 7) is 4.58. The van der Waals surface area contributed by atoms with E-state index in [-0.39, 0.29) is 38.1 Å². The first-order valence-corrected chi connectivity index (χ1v) is 11.0. The molecule has 2 amide bonds. The monoisotopic (exact) mass is 438 g/mol. The van der Waals surface area contributed by atoms with E-state index in [1.807, 2.05) is 61.5 Å². The number of nitrogens with zero attached hydrogens (tertiary/aromatic N) is 2. The topological polar surface area (TPSA) is 87.2 Å². The van der Waals surface area contributed by atoms with Crippen LogP contribution in [0.1, 0.15) is 30.5 Å². The Balaban J connectivity index is 1.81. The first kappa shape index (κ1) is 23.3. The van der Waals surface area contributed by atoms with Crippen LogP contribution in [0, 0.1) is 5.92 Å². The van der Waals surface area contributed by atoms with Gasteiger partial charge in [-0.1, -0.05) is 54.6 Å². The van der Waals surface area contributed by atoms with Crippen molar-refractivity contribution in [3.05, 3.63) is 71.3 Å². The van der Waals surface area contributed by atoms with Crippen LogP contribution in [0.25, 0.3) is 0 Å². The largest absolute Gasteiger partial charge is 0.480 e. The van der Waals surface area contributed by atoms with E-state index in [2.05, 4.69) is 0 Å². The third-order valence-corrected chi connectivity index (χ3v) is 5.82. The maximum atomic E-state index is 13.5. The normalized spacial score (nSPS) is 16.1. The number of carbonyl (C=O) groups is 3. The van der Waals surface area contributed by atoms with Gasteiger partial charge >= 0.3 is 18.0 Å². The van der Waals surface area contributed by atoms with E-state index in [1.165, 1.54) is 4.90 Å². The van der Waals surface area contributed by atoms with E-state index in [0.717, 1.165) is 16.7 Å².